The Bertz CT molecular complexity index is 1760. The van der Waals surface area contributed by atoms with Crippen LogP contribution in [-0.4, -0.2) is 37.2 Å². The molecule has 6 nitrogen and oxygen atoms in total. The van der Waals surface area contributed by atoms with Gasteiger partial charge < -0.3 is 14.2 Å². The maximum Gasteiger partial charge on any atom is 0.306 e. The van der Waals surface area contributed by atoms with Crippen LogP contribution in [0.3, 0.4) is 0 Å². The number of ether oxygens (including phenoxy) is 3. The van der Waals surface area contributed by atoms with Crippen molar-refractivity contribution in [2.24, 2.45) is 0 Å². The zero-order chi connectivity index (χ0) is 58.5. The van der Waals surface area contributed by atoms with E-state index in [0.717, 1.165) is 154 Å². The third-order valence-corrected chi connectivity index (χ3v) is 13.8. The Morgan fingerprint density at radius 2 is 0.481 bits per heavy atom. The maximum atomic E-state index is 12.9. The van der Waals surface area contributed by atoms with Gasteiger partial charge in [0.1, 0.15) is 13.2 Å². The maximum absolute atomic E-state index is 12.9. The monoisotopic (exact) mass is 1120 g/mol. The molecular weight excluding hydrogens is 997 g/mol. The molecule has 0 aromatic carbocycles. The first-order valence-corrected chi connectivity index (χ1v) is 33.3. The minimum Gasteiger partial charge on any atom is -0.462 e. The molecule has 81 heavy (non-hydrogen) atoms. The van der Waals surface area contributed by atoms with Gasteiger partial charge in [-0.1, -0.05) is 282 Å². The summed E-state index contributed by atoms with van der Waals surface area (Å²) in [7, 11) is 0. The van der Waals surface area contributed by atoms with Crippen LogP contribution in [0.2, 0.25) is 0 Å². The highest BCUT2D eigenvalue weighted by molar-refractivity contribution is 5.71. The van der Waals surface area contributed by atoms with Crippen molar-refractivity contribution < 1.29 is 28.6 Å². The molecule has 1 atom stereocenters. The smallest absolute Gasteiger partial charge is 0.306 e. The molecule has 0 aromatic rings. The number of rotatable bonds is 59. The lowest BCUT2D eigenvalue weighted by Gasteiger charge is -2.18. The van der Waals surface area contributed by atoms with Crippen molar-refractivity contribution in [2.45, 2.75) is 297 Å². The van der Waals surface area contributed by atoms with E-state index in [2.05, 4.69) is 167 Å². The SMILES string of the molecule is CC/C=C\C/C=C\C/C=C\C/C=C\C/C=C\C/C=C\C/C=C\C/C=C\CCCCCCCCCCCCC(=O)OCC(COC(=O)CCCCCCC/C=C\CCCC)OC(=O)CCCCCCCCC/C=C\C/C=C\C/C=C\CC. The minimum atomic E-state index is -0.793. The molecule has 0 amide bonds. The second-order valence-corrected chi connectivity index (χ2v) is 21.6. The molecule has 0 bridgehead atoms. The van der Waals surface area contributed by atoms with E-state index in [9.17, 15) is 14.4 Å². The molecule has 0 heterocycles. The molecule has 0 aliphatic carbocycles. The van der Waals surface area contributed by atoms with Crippen molar-refractivity contribution in [3.8, 4) is 0 Å². The van der Waals surface area contributed by atoms with Crippen molar-refractivity contribution in [1.29, 1.82) is 0 Å². The standard InChI is InChI=1S/C75H122O6/c1-4-7-10-13-16-19-22-24-26-28-29-30-31-32-33-34-35-36-37-38-39-40-41-42-43-44-45-47-48-50-53-56-59-62-65-68-74(77)80-71-72(70-79-73(76)67-64-61-58-55-52-21-18-15-12-9-6-3)81-75(78)69-66-63-60-57-54-51-49-46-27-25-23-20-17-14-11-8-5-2/h7-8,10-11,15-20,24-27,29-30,32-33,35-36,38-39,41-42,72H,4-6,9,12-14,21-23,28,31,34,37,40,43-71H2,1-3H3/b10-7-,11-8-,18-15-,19-16-,20-17-,26-24-,27-25-,30-29-,33-32-,36-35-,39-38-,42-41-. The van der Waals surface area contributed by atoms with E-state index in [1.807, 2.05) is 0 Å². The van der Waals surface area contributed by atoms with Crippen LogP contribution in [0.1, 0.15) is 290 Å². The van der Waals surface area contributed by atoms with Crippen molar-refractivity contribution in [3.05, 3.63) is 146 Å². The van der Waals surface area contributed by atoms with Crippen molar-refractivity contribution >= 4 is 17.9 Å². The second-order valence-electron chi connectivity index (χ2n) is 21.6. The summed E-state index contributed by atoms with van der Waals surface area (Å²) in [5, 5.41) is 0. The van der Waals surface area contributed by atoms with Crippen LogP contribution in [0, 0.1) is 0 Å². The summed E-state index contributed by atoms with van der Waals surface area (Å²) in [5.41, 5.74) is 0. The number of esters is 3. The van der Waals surface area contributed by atoms with Gasteiger partial charge in [0, 0.05) is 19.3 Å². The Kier molecular flexibility index (Phi) is 63.9. The van der Waals surface area contributed by atoms with E-state index in [1.165, 1.54) is 96.3 Å². The zero-order valence-electron chi connectivity index (χ0n) is 52.5. The lowest BCUT2D eigenvalue weighted by molar-refractivity contribution is -0.167. The summed E-state index contributed by atoms with van der Waals surface area (Å²) < 4.78 is 16.9. The topological polar surface area (TPSA) is 78.9 Å². The quantitative estimate of drug-likeness (QED) is 0.0261. The number of unbranched alkanes of at least 4 members (excludes halogenated alkanes) is 24. The Morgan fingerprint density at radius 3 is 0.765 bits per heavy atom. The Morgan fingerprint density at radius 1 is 0.259 bits per heavy atom. The molecule has 0 saturated heterocycles. The van der Waals surface area contributed by atoms with Gasteiger partial charge in [-0.15, -0.1) is 0 Å². The highest BCUT2D eigenvalue weighted by atomic mass is 16.6. The van der Waals surface area contributed by atoms with E-state index < -0.39 is 6.10 Å². The van der Waals surface area contributed by atoms with Gasteiger partial charge in [-0.05, 0) is 135 Å². The van der Waals surface area contributed by atoms with Gasteiger partial charge in [0.05, 0.1) is 0 Å². The number of carbonyl (C=O) groups excluding carboxylic acids is 3. The van der Waals surface area contributed by atoms with E-state index in [-0.39, 0.29) is 31.1 Å². The van der Waals surface area contributed by atoms with Crippen LogP contribution in [0.15, 0.2) is 146 Å². The Hall–Kier alpha value is -4.71. The van der Waals surface area contributed by atoms with Gasteiger partial charge in [0.15, 0.2) is 6.10 Å². The van der Waals surface area contributed by atoms with Crippen LogP contribution in [0.25, 0.3) is 0 Å². The van der Waals surface area contributed by atoms with E-state index >= 15 is 0 Å². The van der Waals surface area contributed by atoms with E-state index in [1.54, 1.807) is 0 Å². The first kappa shape index (κ1) is 76.3. The number of carbonyl (C=O) groups is 3. The molecular formula is C75H122O6. The first-order valence-electron chi connectivity index (χ1n) is 33.3. The highest BCUT2D eigenvalue weighted by Gasteiger charge is 2.19. The summed E-state index contributed by atoms with van der Waals surface area (Å²) >= 11 is 0. The number of allylic oxidation sites excluding steroid dienone is 24. The van der Waals surface area contributed by atoms with Gasteiger partial charge in [0.2, 0.25) is 0 Å². The molecule has 0 aromatic heterocycles. The van der Waals surface area contributed by atoms with Gasteiger partial charge in [-0.25, -0.2) is 0 Å². The lowest BCUT2D eigenvalue weighted by Crippen LogP contribution is -2.30. The lowest BCUT2D eigenvalue weighted by atomic mass is 10.1. The normalized spacial score (nSPS) is 13.1. The second kappa shape index (κ2) is 67.8. The summed E-state index contributed by atoms with van der Waals surface area (Å²) in [6.07, 6.45) is 97.2. The van der Waals surface area contributed by atoms with E-state index in [0.29, 0.717) is 19.3 Å². The molecule has 0 aliphatic heterocycles. The average Bonchev–Trinajstić information content (AvgIpc) is 3.47. The third kappa shape index (κ3) is 66.0. The molecule has 0 aliphatic rings. The van der Waals surface area contributed by atoms with Crippen molar-refractivity contribution in [2.75, 3.05) is 13.2 Å². The minimum absolute atomic E-state index is 0.0901. The number of hydrogen-bond acceptors (Lipinski definition) is 6. The Balaban J connectivity index is 4.22. The summed E-state index contributed by atoms with van der Waals surface area (Å²) in [6, 6.07) is 0. The van der Waals surface area contributed by atoms with Gasteiger partial charge >= 0.3 is 17.9 Å². The molecule has 0 saturated carbocycles. The van der Waals surface area contributed by atoms with E-state index in [4.69, 9.17) is 14.2 Å². The first-order chi connectivity index (χ1) is 40.0. The molecule has 0 rings (SSSR count). The predicted molar refractivity (Wildman–Crippen MR) is 352 cm³/mol. The van der Waals surface area contributed by atoms with Gasteiger partial charge in [-0.3, -0.25) is 14.4 Å². The molecule has 0 N–H and O–H groups in total. The largest absolute Gasteiger partial charge is 0.462 e. The molecule has 6 heteroatoms. The molecule has 0 fully saturated rings. The van der Waals surface area contributed by atoms with Crippen LogP contribution in [0.4, 0.5) is 0 Å². The third-order valence-electron chi connectivity index (χ3n) is 13.8. The Labute approximate surface area is 499 Å². The fraction of sp³-hybridized carbons (Fsp3) is 0.640. The molecule has 0 radical (unpaired) electrons. The van der Waals surface area contributed by atoms with Gasteiger partial charge in [-0.2, -0.15) is 0 Å². The number of hydrogen-bond donors (Lipinski definition) is 0. The van der Waals surface area contributed by atoms with Crippen LogP contribution >= 0.6 is 0 Å². The summed E-state index contributed by atoms with van der Waals surface area (Å²) in [4.78, 5) is 38.3. The van der Waals surface area contributed by atoms with Crippen molar-refractivity contribution in [3.63, 3.8) is 0 Å². The van der Waals surface area contributed by atoms with Crippen LogP contribution < -0.4 is 0 Å². The fourth-order valence-electron chi connectivity index (χ4n) is 8.87. The molecule has 1 unspecified atom stereocenters. The fourth-order valence-corrected chi connectivity index (χ4v) is 8.87. The van der Waals surface area contributed by atoms with Crippen LogP contribution in [0.5, 0.6) is 0 Å². The highest BCUT2D eigenvalue weighted by Crippen LogP contribution is 2.15. The molecule has 458 valence electrons. The van der Waals surface area contributed by atoms with Gasteiger partial charge in [0.25, 0.3) is 0 Å². The summed E-state index contributed by atoms with van der Waals surface area (Å²) in [6.45, 7) is 6.36. The van der Waals surface area contributed by atoms with Crippen LogP contribution in [-0.2, 0) is 28.6 Å². The predicted octanol–water partition coefficient (Wildman–Crippen LogP) is 23.1. The average molecular weight is 1120 g/mol. The molecule has 0 spiro atoms. The van der Waals surface area contributed by atoms with Crippen molar-refractivity contribution in [1.82, 2.24) is 0 Å². The summed E-state index contributed by atoms with van der Waals surface area (Å²) in [5.74, 6) is -0.913. The zero-order valence-corrected chi connectivity index (χ0v) is 52.5.